The first-order chi connectivity index (χ1) is 7.16. The van der Waals surface area contributed by atoms with Crippen molar-refractivity contribution < 1.29 is 4.79 Å². The fourth-order valence-corrected chi connectivity index (χ4v) is 1.66. The van der Waals surface area contributed by atoms with Crippen LogP contribution in [0.5, 0.6) is 0 Å². The third-order valence-corrected chi connectivity index (χ3v) is 2.58. The van der Waals surface area contributed by atoms with Crippen LogP contribution in [-0.2, 0) is 0 Å². The highest BCUT2D eigenvalue weighted by atomic mass is 35.5. The van der Waals surface area contributed by atoms with Gasteiger partial charge in [-0.1, -0.05) is 29.8 Å². The van der Waals surface area contributed by atoms with Crippen LogP contribution in [0.3, 0.4) is 0 Å². The number of aryl methyl sites for hydroxylation is 1. The van der Waals surface area contributed by atoms with E-state index in [2.05, 4.69) is 5.10 Å². The van der Waals surface area contributed by atoms with Crippen molar-refractivity contribution in [2.24, 2.45) is 5.10 Å². The monoisotopic (exact) mass is 222 g/mol. The third-order valence-electron chi connectivity index (χ3n) is 2.39. The maximum Gasteiger partial charge on any atom is 0.336 e. The summed E-state index contributed by atoms with van der Waals surface area (Å²) >= 11 is 5.34. The number of amides is 1. The third kappa shape index (κ3) is 2.18. The Morgan fingerprint density at radius 1 is 1.40 bits per heavy atom. The molecule has 3 nitrogen and oxygen atoms in total. The Bertz CT molecular complexity index is 411. The van der Waals surface area contributed by atoms with Crippen molar-refractivity contribution in [2.75, 3.05) is 6.54 Å². The molecule has 0 fully saturated rings. The van der Waals surface area contributed by atoms with E-state index < -0.39 is 5.37 Å². The number of carbonyl (C=O) groups excluding carboxylic acids is 1. The molecule has 0 aromatic heterocycles. The summed E-state index contributed by atoms with van der Waals surface area (Å²) in [7, 11) is 0. The largest absolute Gasteiger partial charge is 0.336 e. The van der Waals surface area contributed by atoms with E-state index in [0.29, 0.717) is 6.54 Å². The average Bonchev–Trinajstić information content (AvgIpc) is 2.68. The number of benzene rings is 1. The highest BCUT2D eigenvalue weighted by Crippen LogP contribution is 2.15. The Labute approximate surface area is 93.3 Å². The molecule has 1 amide bonds. The van der Waals surface area contributed by atoms with Gasteiger partial charge in [-0.3, -0.25) is 4.79 Å². The standard InChI is InChI=1S/C11H11ClN2O/c1-8-2-4-9(5-3-8)10-6-7-14(13-10)11(12)15/h2-5H,6-7H2,1H3. The first-order valence-electron chi connectivity index (χ1n) is 4.78. The molecule has 0 bridgehead atoms. The van der Waals surface area contributed by atoms with Gasteiger partial charge in [0.15, 0.2) is 0 Å². The summed E-state index contributed by atoms with van der Waals surface area (Å²) in [6, 6.07) is 8.08. The number of hydrazone groups is 1. The number of halogens is 1. The van der Waals surface area contributed by atoms with E-state index in [9.17, 15) is 4.79 Å². The van der Waals surface area contributed by atoms with Crippen molar-refractivity contribution in [3.05, 3.63) is 35.4 Å². The van der Waals surface area contributed by atoms with Gasteiger partial charge in [-0.15, -0.1) is 0 Å². The summed E-state index contributed by atoms with van der Waals surface area (Å²) < 4.78 is 0. The first kappa shape index (κ1) is 10.2. The lowest BCUT2D eigenvalue weighted by Crippen LogP contribution is -2.15. The van der Waals surface area contributed by atoms with E-state index in [1.807, 2.05) is 31.2 Å². The molecule has 0 unspecified atom stereocenters. The normalized spacial score (nSPS) is 15.3. The molecule has 0 radical (unpaired) electrons. The van der Waals surface area contributed by atoms with Gasteiger partial charge in [0.05, 0.1) is 12.3 Å². The highest BCUT2D eigenvalue weighted by Gasteiger charge is 2.19. The molecule has 0 N–H and O–H groups in total. The Kier molecular flexibility index (Phi) is 2.73. The number of nitrogens with zero attached hydrogens (tertiary/aromatic N) is 2. The number of rotatable bonds is 1. The second-order valence-corrected chi connectivity index (χ2v) is 3.86. The summed E-state index contributed by atoms with van der Waals surface area (Å²) in [5, 5.41) is 4.93. The van der Waals surface area contributed by atoms with Crippen molar-refractivity contribution in [3.63, 3.8) is 0 Å². The van der Waals surface area contributed by atoms with Gasteiger partial charge >= 0.3 is 5.37 Å². The van der Waals surface area contributed by atoms with Crippen LogP contribution in [0.15, 0.2) is 29.4 Å². The van der Waals surface area contributed by atoms with Gasteiger partial charge in [0.2, 0.25) is 0 Å². The predicted octanol–water partition coefficient (Wildman–Crippen LogP) is 2.76. The molecule has 1 aliphatic heterocycles. The van der Waals surface area contributed by atoms with Gasteiger partial charge in [0, 0.05) is 6.42 Å². The Hall–Kier alpha value is -1.35. The molecule has 15 heavy (non-hydrogen) atoms. The summed E-state index contributed by atoms with van der Waals surface area (Å²) in [6.45, 7) is 2.61. The van der Waals surface area contributed by atoms with Crippen LogP contribution in [0.1, 0.15) is 17.5 Å². The molecular weight excluding hydrogens is 212 g/mol. The summed E-state index contributed by atoms with van der Waals surface area (Å²) in [4.78, 5) is 10.9. The predicted molar refractivity (Wildman–Crippen MR) is 60.3 cm³/mol. The van der Waals surface area contributed by atoms with Crippen molar-refractivity contribution in [1.29, 1.82) is 0 Å². The second-order valence-electron chi connectivity index (χ2n) is 3.54. The Balaban J connectivity index is 2.22. The molecule has 2 rings (SSSR count). The van der Waals surface area contributed by atoms with Crippen molar-refractivity contribution in [1.82, 2.24) is 5.01 Å². The van der Waals surface area contributed by atoms with Crippen LogP contribution in [0.2, 0.25) is 0 Å². The van der Waals surface area contributed by atoms with Crippen LogP contribution < -0.4 is 0 Å². The van der Waals surface area contributed by atoms with Gasteiger partial charge < -0.3 is 0 Å². The van der Waals surface area contributed by atoms with Gasteiger partial charge in [0.1, 0.15) is 0 Å². The first-order valence-corrected chi connectivity index (χ1v) is 5.16. The maximum absolute atomic E-state index is 10.9. The molecule has 4 heteroatoms. The molecule has 1 aromatic carbocycles. The van der Waals surface area contributed by atoms with E-state index in [1.54, 1.807) is 0 Å². The second kappa shape index (κ2) is 4.03. The Morgan fingerprint density at radius 3 is 2.60 bits per heavy atom. The lowest BCUT2D eigenvalue weighted by molar-refractivity contribution is 0.229. The fraction of sp³-hybridized carbons (Fsp3) is 0.273. The van der Waals surface area contributed by atoms with Crippen LogP contribution in [0, 0.1) is 6.92 Å². The molecule has 0 saturated heterocycles. The highest BCUT2D eigenvalue weighted by molar-refractivity contribution is 6.62. The van der Waals surface area contributed by atoms with Crippen LogP contribution in [0.25, 0.3) is 0 Å². The number of carbonyl (C=O) groups is 1. The summed E-state index contributed by atoms with van der Waals surface area (Å²) in [6.07, 6.45) is 0.765. The topological polar surface area (TPSA) is 32.7 Å². The van der Waals surface area contributed by atoms with Crippen LogP contribution in [0.4, 0.5) is 4.79 Å². The molecule has 0 spiro atoms. The van der Waals surface area contributed by atoms with E-state index in [1.165, 1.54) is 10.6 Å². The fourth-order valence-electron chi connectivity index (χ4n) is 1.53. The van der Waals surface area contributed by atoms with Crippen LogP contribution in [-0.4, -0.2) is 22.6 Å². The SMILES string of the molecule is Cc1ccc(C2=NN(C(=O)Cl)CC2)cc1. The lowest BCUT2D eigenvalue weighted by atomic mass is 10.1. The van der Waals surface area contributed by atoms with Crippen molar-refractivity contribution in [2.45, 2.75) is 13.3 Å². The maximum atomic E-state index is 10.9. The molecule has 78 valence electrons. The zero-order chi connectivity index (χ0) is 10.8. The van der Waals surface area contributed by atoms with E-state index in [-0.39, 0.29) is 0 Å². The van der Waals surface area contributed by atoms with Crippen molar-refractivity contribution >= 4 is 22.7 Å². The molecule has 1 aromatic rings. The minimum absolute atomic E-state index is 0.517. The molecular formula is C11H11ClN2O. The molecule has 0 aliphatic carbocycles. The van der Waals surface area contributed by atoms with Crippen LogP contribution >= 0.6 is 11.6 Å². The smallest absolute Gasteiger partial charge is 0.253 e. The molecule has 0 saturated carbocycles. The summed E-state index contributed by atoms with van der Waals surface area (Å²) in [5.74, 6) is 0. The Morgan fingerprint density at radius 2 is 2.07 bits per heavy atom. The lowest BCUT2D eigenvalue weighted by Gasteiger charge is -2.03. The molecule has 0 atom stereocenters. The van der Waals surface area contributed by atoms with Gasteiger partial charge in [-0.2, -0.15) is 5.10 Å². The van der Waals surface area contributed by atoms with Crippen molar-refractivity contribution in [3.8, 4) is 0 Å². The minimum Gasteiger partial charge on any atom is -0.253 e. The van der Waals surface area contributed by atoms with Gasteiger partial charge in [-0.25, -0.2) is 5.01 Å². The number of hydrogen-bond acceptors (Lipinski definition) is 2. The number of hydrogen-bond donors (Lipinski definition) is 0. The van der Waals surface area contributed by atoms with Gasteiger partial charge in [-0.05, 0) is 24.1 Å². The van der Waals surface area contributed by atoms with E-state index >= 15 is 0 Å². The zero-order valence-corrected chi connectivity index (χ0v) is 9.16. The zero-order valence-electron chi connectivity index (χ0n) is 8.40. The average molecular weight is 223 g/mol. The van der Waals surface area contributed by atoms with Gasteiger partial charge in [0.25, 0.3) is 0 Å². The van der Waals surface area contributed by atoms with E-state index in [0.717, 1.165) is 17.7 Å². The summed E-state index contributed by atoms with van der Waals surface area (Å²) in [5.41, 5.74) is 3.19. The minimum atomic E-state index is -0.517. The van der Waals surface area contributed by atoms with E-state index in [4.69, 9.17) is 11.6 Å². The molecule has 1 heterocycles. The molecule has 1 aliphatic rings. The quantitative estimate of drug-likeness (QED) is 0.531.